The van der Waals surface area contributed by atoms with Gasteiger partial charge in [0, 0.05) is 18.7 Å². The Hall–Kier alpha value is -3.59. The van der Waals surface area contributed by atoms with Crippen molar-refractivity contribution in [1.29, 1.82) is 0 Å². The van der Waals surface area contributed by atoms with Gasteiger partial charge in [-0.25, -0.2) is 0 Å². The van der Waals surface area contributed by atoms with E-state index >= 15 is 0 Å². The maximum absolute atomic E-state index is 12.8. The molecular formula is C27H34N4O5. The van der Waals surface area contributed by atoms with E-state index in [1.54, 1.807) is 21.3 Å². The van der Waals surface area contributed by atoms with Crippen LogP contribution in [0.15, 0.2) is 47.0 Å². The average molecular weight is 495 g/mol. The van der Waals surface area contributed by atoms with Crippen molar-refractivity contribution < 1.29 is 23.5 Å². The van der Waals surface area contributed by atoms with E-state index < -0.39 is 0 Å². The molecule has 2 aromatic carbocycles. The summed E-state index contributed by atoms with van der Waals surface area (Å²) in [7, 11) is 4.89. The number of methoxy groups -OCH3 is 3. The summed E-state index contributed by atoms with van der Waals surface area (Å²) in [5.74, 6) is 3.39. The van der Waals surface area contributed by atoms with Crippen LogP contribution in [0.5, 0.6) is 17.2 Å². The number of hydrogen-bond acceptors (Lipinski definition) is 8. The first-order chi connectivity index (χ1) is 17.6. The van der Waals surface area contributed by atoms with Crippen LogP contribution < -0.4 is 19.5 Å². The predicted molar refractivity (Wildman–Crippen MR) is 135 cm³/mol. The number of piperidine rings is 1. The van der Waals surface area contributed by atoms with Crippen molar-refractivity contribution in [2.45, 2.75) is 32.2 Å². The van der Waals surface area contributed by atoms with Crippen molar-refractivity contribution in [2.75, 3.05) is 41.0 Å². The average Bonchev–Trinajstić information content (AvgIpc) is 3.39. The Morgan fingerprint density at radius 3 is 2.64 bits per heavy atom. The van der Waals surface area contributed by atoms with E-state index in [1.165, 1.54) is 0 Å². The van der Waals surface area contributed by atoms with Crippen LogP contribution in [-0.4, -0.2) is 61.9 Å². The van der Waals surface area contributed by atoms with Crippen molar-refractivity contribution in [3.05, 3.63) is 53.9 Å². The van der Waals surface area contributed by atoms with E-state index in [9.17, 15) is 4.79 Å². The number of carbonyl (C=O) groups excluding carboxylic acids is 1. The van der Waals surface area contributed by atoms with Gasteiger partial charge in [-0.3, -0.25) is 9.69 Å². The highest BCUT2D eigenvalue weighted by atomic mass is 16.5. The number of aryl methyl sites for hydroxylation is 1. The SMILES string of the molecule is COc1ccc(-c2noc(CN3CCCC(C(=O)NCCCc4ccc(OC)c(OC)c4)C3)n2)cc1. The summed E-state index contributed by atoms with van der Waals surface area (Å²) in [4.78, 5) is 19.5. The molecule has 0 aliphatic carbocycles. The molecule has 1 atom stereocenters. The molecule has 0 bridgehead atoms. The molecular weight excluding hydrogens is 460 g/mol. The van der Waals surface area contributed by atoms with Gasteiger partial charge >= 0.3 is 0 Å². The second-order valence-electron chi connectivity index (χ2n) is 8.90. The number of amides is 1. The molecule has 1 N–H and O–H groups in total. The Morgan fingerprint density at radius 1 is 1.08 bits per heavy atom. The van der Waals surface area contributed by atoms with Crippen molar-refractivity contribution in [3.8, 4) is 28.6 Å². The monoisotopic (exact) mass is 494 g/mol. The predicted octanol–water partition coefficient (Wildman–Crippen LogP) is 3.72. The minimum Gasteiger partial charge on any atom is -0.497 e. The summed E-state index contributed by atoms with van der Waals surface area (Å²) in [6.07, 6.45) is 3.56. The second kappa shape index (κ2) is 12.4. The van der Waals surface area contributed by atoms with E-state index in [4.69, 9.17) is 18.7 Å². The zero-order chi connectivity index (χ0) is 25.3. The van der Waals surface area contributed by atoms with Gasteiger partial charge in [-0.15, -0.1) is 0 Å². The zero-order valence-electron chi connectivity index (χ0n) is 21.2. The quantitative estimate of drug-likeness (QED) is 0.403. The number of aromatic nitrogens is 2. The molecule has 0 radical (unpaired) electrons. The van der Waals surface area contributed by atoms with Gasteiger partial charge in [-0.2, -0.15) is 4.98 Å². The maximum Gasteiger partial charge on any atom is 0.241 e. The summed E-state index contributed by atoms with van der Waals surface area (Å²) in [6, 6.07) is 13.5. The number of nitrogens with one attached hydrogen (secondary N) is 1. The molecule has 1 aliphatic heterocycles. The third-order valence-corrected chi connectivity index (χ3v) is 6.44. The largest absolute Gasteiger partial charge is 0.497 e. The molecule has 2 heterocycles. The fraction of sp³-hybridized carbons (Fsp3) is 0.444. The molecule has 1 aliphatic rings. The van der Waals surface area contributed by atoms with Crippen molar-refractivity contribution in [2.24, 2.45) is 5.92 Å². The van der Waals surface area contributed by atoms with Crippen LogP contribution in [0.3, 0.4) is 0 Å². The molecule has 4 rings (SSSR count). The Labute approximate surface area is 211 Å². The molecule has 0 spiro atoms. The number of hydrogen-bond donors (Lipinski definition) is 1. The van der Waals surface area contributed by atoms with E-state index in [0.29, 0.717) is 37.1 Å². The molecule has 3 aromatic rings. The molecule has 1 saturated heterocycles. The van der Waals surface area contributed by atoms with Gasteiger partial charge in [0.2, 0.25) is 17.6 Å². The van der Waals surface area contributed by atoms with Crippen LogP contribution >= 0.6 is 0 Å². The van der Waals surface area contributed by atoms with Crippen LogP contribution in [0, 0.1) is 5.92 Å². The number of rotatable bonds is 11. The Kier molecular flexibility index (Phi) is 8.78. The number of ether oxygens (including phenoxy) is 3. The fourth-order valence-electron chi connectivity index (χ4n) is 4.47. The smallest absolute Gasteiger partial charge is 0.241 e. The summed E-state index contributed by atoms with van der Waals surface area (Å²) in [6.45, 7) is 2.76. The molecule has 36 heavy (non-hydrogen) atoms. The van der Waals surface area contributed by atoms with Gasteiger partial charge in [0.1, 0.15) is 5.75 Å². The van der Waals surface area contributed by atoms with Gasteiger partial charge in [0.05, 0.1) is 33.8 Å². The van der Waals surface area contributed by atoms with E-state index in [1.807, 2.05) is 42.5 Å². The Bertz CT molecular complexity index is 1130. The Morgan fingerprint density at radius 2 is 1.89 bits per heavy atom. The van der Waals surface area contributed by atoms with Crippen molar-refractivity contribution in [1.82, 2.24) is 20.4 Å². The Balaban J connectivity index is 1.22. The first-order valence-electron chi connectivity index (χ1n) is 12.3. The van der Waals surface area contributed by atoms with Crippen molar-refractivity contribution >= 4 is 5.91 Å². The van der Waals surface area contributed by atoms with Crippen LogP contribution in [0.25, 0.3) is 11.4 Å². The lowest BCUT2D eigenvalue weighted by molar-refractivity contribution is -0.126. The number of benzene rings is 2. The number of likely N-dealkylation sites (tertiary alicyclic amines) is 1. The highest BCUT2D eigenvalue weighted by Gasteiger charge is 2.26. The molecule has 1 fully saturated rings. The second-order valence-corrected chi connectivity index (χ2v) is 8.90. The first kappa shape index (κ1) is 25.5. The first-order valence-corrected chi connectivity index (χ1v) is 12.3. The molecule has 192 valence electrons. The minimum absolute atomic E-state index is 0.0381. The fourth-order valence-corrected chi connectivity index (χ4v) is 4.47. The lowest BCUT2D eigenvalue weighted by atomic mass is 9.97. The summed E-state index contributed by atoms with van der Waals surface area (Å²) >= 11 is 0. The highest BCUT2D eigenvalue weighted by Crippen LogP contribution is 2.28. The van der Waals surface area contributed by atoms with Crippen LogP contribution in [0.4, 0.5) is 0 Å². The summed E-state index contributed by atoms with van der Waals surface area (Å²) in [5.41, 5.74) is 2.02. The molecule has 1 unspecified atom stereocenters. The topological polar surface area (TPSA) is 99.0 Å². The molecule has 1 aromatic heterocycles. The number of carbonyl (C=O) groups is 1. The number of nitrogens with zero attached hydrogens (tertiary/aromatic N) is 3. The van der Waals surface area contributed by atoms with Gasteiger partial charge in [-0.05, 0) is 74.2 Å². The third-order valence-electron chi connectivity index (χ3n) is 6.44. The lowest BCUT2D eigenvalue weighted by Gasteiger charge is -2.30. The van der Waals surface area contributed by atoms with Crippen molar-refractivity contribution in [3.63, 3.8) is 0 Å². The third kappa shape index (κ3) is 6.54. The normalized spacial score (nSPS) is 15.9. The van der Waals surface area contributed by atoms with E-state index in [2.05, 4.69) is 20.4 Å². The molecule has 0 saturated carbocycles. The molecule has 9 nitrogen and oxygen atoms in total. The zero-order valence-corrected chi connectivity index (χ0v) is 21.2. The van der Waals surface area contributed by atoms with Gasteiger partial charge in [-0.1, -0.05) is 11.2 Å². The molecule has 9 heteroatoms. The maximum atomic E-state index is 12.8. The standard InChI is InChI=1S/C27H34N4O5/c1-33-22-11-9-20(10-12-22)26-29-25(36-30-26)18-31-15-5-7-21(17-31)27(32)28-14-4-6-19-8-13-23(34-2)24(16-19)35-3/h8-13,16,21H,4-7,14-15,17-18H2,1-3H3,(H,28,32). The van der Waals surface area contributed by atoms with Crippen LogP contribution in [-0.2, 0) is 17.8 Å². The summed E-state index contributed by atoms with van der Waals surface area (Å²) < 4.78 is 21.3. The van der Waals surface area contributed by atoms with Gasteiger partial charge < -0.3 is 24.1 Å². The van der Waals surface area contributed by atoms with Gasteiger partial charge in [0.15, 0.2) is 11.5 Å². The van der Waals surface area contributed by atoms with Gasteiger partial charge in [0.25, 0.3) is 0 Å². The molecule has 1 amide bonds. The van der Waals surface area contributed by atoms with Crippen LogP contribution in [0.2, 0.25) is 0 Å². The lowest BCUT2D eigenvalue weighted by Crippen LogP contribution is -2.43. The van der Waals surface area contributed by atoms with E-state index in [0.717, 1.165) is 54.9 Å². The highest BCUT2D eigenvalue weighted by molar-refractivity contribution is 5.78. The van der Waals surface area contributed by atoms with Crippen LogP contribution in [0.1, 0.15) is 30.7 Å². The van der Waals surface area contributed by atoms with E-state index in [-0.39, 0.29) is 11.8 Å². The minimum atomic E-state index is -0.0381. The summed E-state index contributed by atoms with van der Waals surface area (Å²) in [5, 5.41) is 7.22.